The summed E-state index contributed by atoms with van der Waals surface area (Å²) in [5.74, 6) is -6.05. The van der Waals surface area contributed by atoms with Crippen molar-refractivity contribution in [3.05, 3.63) is 0 Å². The molecule has 0 rings (SSSR count). The summed E-state index contributed by atoms with van der Waals surface area (Å²) < 4.78 is 161. The van der Waals surface area contributed by atoms with E-state index in [4.69, 9.17) is 0 Å². The highest BCUT2D eigenvalue weighted by molar-refractivity contribution is 14.1. The van der Waals surface area contributed by atoms with Crippen molar-refractivity contribution >= 4 is 22.6 Å². The second-order valence-electron chi connectivity index (χ2n) is 7.64. The minimum Gasteiger partial charge on any atom is -0.171 e. The second-order valence-corrected chi connectivity index (χ2v) is 8.72. The smallest absolute Gasteiger partial charge is 0.171 e. The van der Waals surface area contributed by atoms with Gasteiger partial charge in [0.15, 0.2) is 5.41 Å². The minimum atomic E-state index is -6.10. The van der Waals surface area contributed by atoms with Crippen LogP contribution in [0.1, 0.15) is 64.7 Å². The first-order valence-corrected chi connectivity index (χ1v) is 11.2. The maximum Gasteiger partial charge on any atom is 0.403 e. The molecule has 2 unspecified atom stereocenters. The first-order chi connectivity index (χ1) is 13.8. The third-order valence-electron chi connectivity index (χ3n) is 5.34. The molecular weight excluding hydrogens is 571 g/mol. The van der Waals surface area contributed by atoms with Crippen LogP contribution in [0.3, 0.4) is 0 Å². The van der Waals surface area contributed by atoms with E-state index in [-0.39, 0.29) is 10.8 Å². The van der Waals surface area contributed by atoms with Gasteiger partial charge in [0, 0.05) is 4.43 Å². The Kier molecular flexibility index (Phi) is 11.8. The van der Waals surface area contributed by atoms with E-state index in [9.17, 15) is 52.7 Å². The first kappa shape index (κ1) is 30.9. The average molecular weight is 596 g/mol. The lowest BCUT2D eigenvalue weighted by molar-refractivity contribution is -0.356. The zero-order valence-electron chi connectivity index (χ0n) is 16.6. The van der Waals surface area contributed by atoms with Gasteiger partial charge in [-0.05, 0) is 25.7 Å². The number of hydrogen-bond donors (Lipinski definition) is 0. The lowest BCUT2D eigenvalue weighted by Gasteiger charge is -2.41. The van der Waals surface area contributed by atoms with Crippen molar-refractivity contribution in [1.29, 1.82) is 0 Å². The third-order valence-corrected chi connectivity index (χ3v) is 5.96. The number of unbranched alkanes of at least 4 members (excludes halogenated alkanes) is 4. The summed E-state index contributed by atoms with van der Waals surface area (Å²) in [5.41, 5.74) is -4.73. The third kappa shape index (κ3) is 9.34. The van der Waals surface area contributed by atoms with E-state index >= 15 is 0 Å². The molecule has 0 aromatic heterocycles. The zero-order valence-corrected chi connectivity index (χ0v) is 18.8. The molecule has 0 aliphatic rings. The van der Waals surface area contributed by atoms with Gasteiger partial charge in [0.2, 0.25) is 0 Å². The van der Waals surface area contributed by atoms with Crippen molar-refractivity contribution in [2.75, 3.05) is 4.43 Å². The molecule has 0 spiro atoms. The second kappa shape index (κ2) is 11.8. The molecule has 188 valence electrons. The summed E-state index contributed by atoms with van der Waals surface area (Å²) in [6.07, 6.45) is -29.1. The Bertz CT molecular complexity index is 490. The summed E-state index contributed by atoms with van der Waals surface area (Å²) in [5, 5.41) is 0. The van der Waals surface area contributed by atoms with Crippen LogP contribution >= 0.6 is 22.6 Å². The van der Waals surface area contributed by atoms with E-state index in [2.05, 4.69) is 0 Å². The van der Waals surface area contributed by atoms with Crippen LogP contribution in [0.15, 0.2) is 0 Å². The molecule has 0 bridgehead atoms. The van der Waals surface area contributed by atoms with Gasteiger partial charge in [0.1, 0.15) is 0 Å². The predicted octanol–water partition coefficient (Wildman–Crippen LogP) is 9.42. The van der Waals surface area contributed by atoms with Crippen LogP contribution in [0.25, 0.3) is 0 Å². The molecule has 0 aliphatic carbocycles. The number of alkyl halides is 13. The monoisotopic (exact) mass is 596 g/mol. The summed E-state index contributed by atoms with van der Waals surface area (Å²) in [7, 11) is 0. The van der Waals surface area contributed by atoms with E-state index in [1.807, 2.05) is 0 Å². The number of halogens is 13. The Balaban J connectivity index is 6.09. The van der Waals surface area contributed by atoms with Gasteiger partial charge in [-0.25, -0.2) is 0 Å². The van der Waals surface area contributed by atoms with E-state index < -0.39 is 74.1 Å². The summed E-state index contributed by atoms with van der Waals surface area (Å²) in [4.78, 5) is 0. The Morgan fingerprint density at radius 3 is 1.45 bits per heavy atom. The van der Waals surface area contributed by atoms with Gasteiger partial charge in [-0.15, -0.1) is 0 Å². The van der Waals surface area contributed by atoms with Gasteiger partial charge in [-0.1, -0.05) is 61.6 Å². The molecule has 0 saturated heterocycles. The Morgan fingerprint density at radius 2 is 1.10 bits per heavy atom. The molecule has 0 saturated carbocycles. The molecular formula is C18H25F12I. The van der Waals surface area contributed by atoms with Crippen LogP contribution < -0.4 is 0 Å². The van der Waals surface area contributed by atoms with Gasteiger partial charge in [-0.2, -0.15) is 52.7 Å². The van der Waals surface area contributed by atoms with Crippen molar-refractivity contribution in [3.8, 4) is 0 Å². The molecule has 0 amide bonds. The quantitative estimate of drug-likeness (QED) is 0.0912. The Morgan fingerprint density at radius 1 is 0.645 bits per heavy atom. The van der Waals surface area contributed by atoms with E-state index in [0.29, 0.717) is 19.3 Å². The largest absolute Gasteiger partial charge is 0.403 e. The highest BCUT2D eigenvalue weighted by atomic mass is 127. The fourth-order valence-corrected chi connectivity index (χ4v) is 4.20. The van der Waals surface area contributed by atoms with Gasteiger partial charge < -0.3 is 0 Å². The average Bonchev–Trinajstić information content (AvgIpc) is 2.54. The topological polar surface area (TPSA) is 0 Å². The molecule has 0 fully saturated rings. The molecule has 0 aromatic carbocycles. The number of rotatable bonds is 12. The summed E-state index contributed by atoms with van der Waals surface area (Å²) in [6.45, 7) is 1.75. The van der Waals surface area contributed by atoms with Crippen molar-refractivity contribution in [3.63, 3.8) is 0 Å². The lowest BCUT2D eigenvalue weighted by Crippen LogP contribution is -2.52. The van der Waals surface area contributed by atoms with Gasteiger partial charge in [-0.3, -0.25) is 0 Å². The molecule has 0 heterocycles. The van der Waals surface area contributed by atoms with Gasteiger partial charge >= 0.3 is 24.7 Å². The standard InChI is InChI=1S/C18H25F12I/c1-2-3-4-5-6-8-14(17(25,26)27,18(28,29)30)11-13(16(22,23)24)10-12(7-9-31)15(19,20)21/h12-13H,2-11H2,1H3. The number of hydrogen-bond acceptors (Lipinski definition) is 0. The molecule has 13 heteroatoms. The van der Waals surface area contributed by atoms with E-state index in [0.717, 1.165) is 0 Å². The van der Waals surface area contributed by atoms with E-state index in [1.165, 1.54) is 22.6 Å². The predicted molar refractivity (Wildman–Crippen MR) is 99.7 cm³/mol. The van der Waals surface area contributed by atoms with Crippen LogP contribution in [0.5, 0.6) is 0 Å². The van der Waals surface area contributed by atoms with Crippen LogP contribution in [-0.4, -0.2) is 29.1 Å². The van der Waals surface area contributed by atoms with Crippen LogP contribution in [-0.2, 0) is 0 Å². The van der Waals surface area contributed by atoms with Crippen molar-refractivity contribution in [2.24, 2.45) is 17.3 Å². The van der Waals surface area contributed by atoms with E-state index in [1.54, 1.807) is 6.92 Å². The SMILES string of the molecule is CCCCCCCC(CC(CC(CCI)C(F)(F)F)C(F)(F)F)(C(F)(F)F)C(F)(F)F. The Labute approximate surface area is 186 Å². The van der Waals surface area contributed by atoms with Crippen LogP contribution in [0.2, 0.25) is 0 Å². The summed E-state index contributed by atoms with van der Waals surface area (Å²) in [6, 6.07) is 0. The van der Waals surface area contributed by atoms with Crippen LogP contribution in [0.4, 0.5) is 52.7 Å². The highest BCUT2D eigenvalue weighted by Crippen LogP contribution is 2.59. The van der Waals surface area contributed by atoms with Gasteiger partial charge in [0.05, 0.1) is 11.8 Å². The summed E-state index contributed by atoms with van der Waals surface area (Å²) >= 11 is 1.45. The van der Waals surface area contributed by atoms with Crippen molar-refractivity contribution < 1.29 is 52.7 Å². The maximum atomic E-state index is 13.6. The van der Waals surface area contributed by atoms with Crippen molar-refractivity contribution in [1.82, 2.24) is 0 Å². The molecule has 0 radical (unpaired) electrons. The minimum absolute atomic E-state index is 0.0571. The fourth-order valence-electron chi connectivity index (χ4n) is 3.45. The highest BCUT2D eigenvalue weighted by Gasteiger charge is 2.71. The fraction of sp³-hybridized carbons (Fsp3) is 1.00. The van der Waals surface area contributed by atoms with Crippen LogP contribution in [0, 0.1) is 17.3 Å². The maximum absolute atomic E-state index is 13.6. The van der Waals surface area contributed by atoms with Gasteiger partial charge in [0.25, 0.3) is 0 Å². The normalized spacial score (nSPS) is 16.5. The molecule has 2 atom stereocenters. The first-order valence-electron chi connectivity index (χ1n) is 9.66. The molecule has 0 aromatic rings. The molecule has 31 heavy (non-hydrogen) atoms. The lowest BCUT2D eigenvalue weighted by atomic mass is 9.71. The Hall–Kier alpha value is -0.110. The molecule has 0 nitrogen and oxygen atoms in total. The molecule has 0 aliphatic heterocycles. The zero-order chi connectivity index (χ0) is 24.7. The molecule has 0 N–H and O–H groups in total. The van der Waals surface area contributed by atoms with Crippen molar-refractivity contribution in [2.45, 2.75) is 89.4 Å².